The topological polar surface area (TPSA) is 57.1 Å². The second kappa shape index (κ2) is 6.43. The van der Waals surface area contributed by atoms with Gasteiger partial charge in [0.1, 0.15) is 18.4 Å². The molecule has 3 heteroatoms. The van der Waals surface area contributed by atoms with E-state index in [2.05, 4.69) is 12.2 Å². The van der Waals surface area contributed by atoms with E-state index in [0.717, 1.165) is 12.1 Å². The molecule has 0 saturated heterocycles. The number of aliphatic hydroxyl groups is 1. The zero-order valence-electron chi connectivity index (χ0n) is 9.19. The fraction of sp³-hybridized carbons (Fsp3) is 0.500. The van der Waals surface area contributed by atoms with Crippen molar-refractivity contribution >= 4 is 0 Å². The minimum Gasteiger partial charge on any atom is -0.508 e. The van der Waals surface area contributed by atoms with E-state index in [1.54, 1.807) is 24.3 Å². The predicted octanol–water partition coefficient (Wildman–Crippen LogP) is 0.789. The smallest absolute Gasteiger partial charge is 0.128 e. The first-order valence-electron chi connectivity index (χ1n) is 5.52. The molecule has 0 aliphatic carbocycles. The third-order valence-corrected chi connectivity index (χ3v) is 2.43. The van der Waals surface area contributed by atoms with Gasteiger partial charge in [-0.2, -0.15) is 0 Å². The van der Waals surface area contributed by atoms with E-state index in [1.807, 2.05) is 0 Å². The van der Waals surface area contributed by atoms with Gasteiger partial charge >= 0.3 is 0 Å². The van der Waals surface area contributed by atoms with Crippen molar-refractivity contribution in [3.63, 3.8) is 0 Å². The summed E-state index contributed by atoms with van der Waals surface area (Å²) in [6, 6.07) is 6.72. The summed E-state index contributed by atoms with van der Waals surface area (Å²) in [6.45, 7) is 3.90. The highest BCUT2D eigenvalue weighted by Crippen LogP contribution is 2.15. The molecule has 15 heavy (non-hydrogen) atoms. The summed E-state index contributed by atoms with van der Waals surface area (Å²) < 4.78 is 0. The second-order valence-corrected chi connectivity index (χ2v) is 3.77. The number of benzene rings is 1. The monoisotopic (exact) mass is 210 g/mol. The highest BCUT2D eigenvalue weighted by molar-refractivity contribution is 5.27. The number of hydrogen-bond acceptors (Lipinski definition) is 2. The summed E-state index contributed by atoms with van der Waals surface area (Å²) in [5.74, 6) is 0.237. The van der Waals surface area contributed by atoms with Gasteiger partial charge in [0.25, 0.3) is 0 Å². The number of quaternary nitrogens is 1. The number of aliphatic hydroxyl groups excluding tert-OH is 1. The minimum atomic E-state index is -0.442. The van der Waals surface area contributed by atoms with Crippen LogP contribution < -0.4 is 5.32 Å². The standard InChI is InChI=1S/C12H19NO2/c1-2-3-8-13-9-12(15)10-4-6-11(14)7-5-10/h4-7,12-15H,2-3,8-9H2,1H3/p+1/t12-/m0/s1. The molecule has 1 aromatic carbocycles. The molecule has 0 bridgehead atoms. The highest BCUT2D eigenvalue weighted by atomic mass is 16.3. The van der Waals surface area contributed by atoms with Crippen molar-refractivity contribution in [2.45, 2.75) is 25.9 Å². The summed E-state index contributed by atoms with van der Waals surface area (Å²) in [4.78, 5) is 0. The molecular formula is C12H20NO2+. The van der Waals surface area contributed by atoms with E-state index in [9.17, 15) is 5.11 Å². The van der Waals surface area contributed by atoms with Gasteiger partial charge in [-0.15, -0.1) is 0 Å². The van der Waals surface area contributed by atoms with Gasteiger partial charge < -0.3 is 15.5 Å². The average molecular weight is 210 g/mol. The predicted molar refractivity (Wildman–Crippen MR) is 59.6 cm³/mol. The Hall–Kier alpha value is -1.06. The molecule has 0 amide bonds. The molecule has 1 aromatic rings. The van der Waals surface area contributed by atoms with Crippen LogP contribution >= 0.6 is 0 Å². The van der Waals surface area contributed by atoms with Crippen LogP contribution in [0.1, 0.15) is 31.4 Å². The zero-order valence-corrected chi connectivity index (χ0v) is 9.19. The molecule has 0 spiro atoms. The molecule has 0 aliphatic heterocycles. The summed E-state index contributed by atoms with van der Waals surface area (Å²) in [6.07, 6.45) is 1.93. The van der Waals surface area contributed by atoms with Gasteiger partial charge in [-0.3, -0.25) is 0 Å². The maximum Gasteiger partial charge on any atom is 0.128 e. The summed E-state index contributed by atoms with van der Waals surface area (Å²) in [5, 5.41) is 21.0. The third-order valence-electron chi connectivity index (χ3n) is 2.43. The molecule has 0 unspecified atom stereocenters. The Balaban J connectivity index is 2.33. The molecule has 84 valence electrons. The third kappa shape index (κ3) is 4.32. The second-order valence-electron chi connectivity index (χ2n) is 3.77. The fourth-order valence-electron chi connectivity index (χ4n) is 1.46. The van der Waals surface area contributed by atoms with Crippen LogP contribution in [-0.4, -0.2) is 23.3 Å². The Bertz CT molecular complexity index is 271. The molecule has 0 saturated carbocycles. The van der Waals surface area contributed by atoms with E-state index < -0.39 is 6.10 Å². The lowest BCUT2D eigenvalue weighted by molar-refractivity contribution is -0.662. The van der Waals surface area contributed by atoms with E-state index in [-0.39, 0.29) is 5.75 Å². The maximum atomic E-state index is 9.80. The normalized spacial score (nSPS) is 12.7. The Kier molecular flexibility index (Phi) is 5.15. The van der Waals surface area contributed by atoms with Crippen molar-refractivity contribution in [3.8, 4) is 5.75 Å². The molecule has 1 atom stereocenters. The fourth-order valence-corrected chi connectivity index (χ4v) is 1.46. The quantitative estimate of drug-likeness (QED) is 0.608. The van der Waals surface area contributed by atoms with E-state index in [0.29, 0.717) is 6.54 Å². The molecule has 0 aliphatic rings. The maximum absolute atomic E-state index is 9.80. The van der Waals surface area contributed by atoms with E-state index in [4.69, 9.17) is 5.11 Å². The van der Waals surface area contributed by atoms with Crippen molar-refractivity contribution in [2.75, 3.05) is 13.1 Å². The first-order valence-corrected chi connectivity index (χ1v) is 5.52. The molecule has 4 N–H and O–H groups in total. The van der Waals surface area contributed by atoms with Crippen LogP contribution in [0.4, 0.5) is 0 Å². The van der Waals surface area contributed by atoms with Gasteiger partial charge in [0, 0.05) is 0 Å². The van der Waals surface area contributed by atoms with Crippen molar-refractivity contribution in [1.29, 1.82) is 0 Å². The number of nitrogens with two attached hydrogens (primary N) is 1. The molecule has 0 heterocycles. The van der Waals surface area contributed by atoms with Gasteiger partial charge in [-0.05, 0) is 24.1 Å². The van der Waals surface area contributed by atoms with Crippen LogP contribution in [0.3, 0.4) is 0 Å². The largest absolute Gasteiger partial charge is 0.508 e. The Labute approximate surface area is 90.8 Å². The van der Waals surface area contributed by atoms with Crippen LogP contribution in [0.15, 0.2) is 24.3 Å². The average Bonchev–Trinajstić information content (AvgIpc) is 2.25. The lowest BCUT2D eigenvalue weighted by atomic mass is 10.1. The van der Waals surface area contributed by atoms with Crippen molar-refractivity contribution < 1.29 is 15.5 Å². The van der Waals surface area contributed by atoms with Gasteiger partial charge in [-0.25, -0.2) is 0 Å². The van der Waals surface area contributed by atoms with Crippen molar-refractivity contribution in [2.24, 2.45) is 0 Å². The lowest BCUT2D eigenvalue weighted by Crippen LogP contribution is -2.85. The summed E-state index contributed by atoms with van der Waals surface area (Å²) >= 11 is 0. The minimum absolute atomic E-state index is 0.237. The molecule has 0 radical (unpaired) electrons. The van der Waals surface area contributed by atoms with Crippen LogP contribution in [0, 0.1) is 0 Å². The Morgan fingerprint density at radius 1 is 1.27 bits per heavy atom. The zero-order chi connectivity index (χ0) is 11.1. The van der Waals surface area contributed by atoms with Crippen LogP contribution in [0.5, 0.6) is 5.75 Å². The van der Waals surface area contributed by atoms with E-state index >= 15 is 0 Å². The van der Waals surface area contributed by atoms with Gasteiger partial charge in [0.2, 0.25) is 0 Å². The van der Waals surface area contributed by atoms with Crippen LogP contribution in [-0.2, 0) is 0 Å². The summed E-state index contributed by atoms with van der Waals surface area (Å²) in [5.41, 5.74) is 0.862. The number of unbranched alkanes of at least 4 members (excludes halogenated alkanes) is 1. The number of phenolic OH excluding ortho intramolecular Hbond substituents is 1. The highest BCUT2D eigenvalue weighted by Gasteiger charge is 2.08. The van der Waals surface area contributed by atoms with Crippen molar-refractivity contribution in [1.82, 2.24) is 0 Å². The Morgan fingerprint density at radius 3 is 2.53 bits per heavy atom. The first-order chi connectivity index (χ1) is 7.24. The first kappa shape index (κ1) is 12.0. The molecule has 3 nitrogen and oxygen atoms in total. The van der Waals surface area contributed by atoms with E-state index in [1.165, 1.54) is 12.8 Å². The number of hydrogen-bond donors (Lipinski definition) is 3. The molecule has 1 rings (SSSR count). The lowest BCUT2D eigenvalue weighted by Gasteiger charge is -2.09. The molecule has 0 fully saturated rings. The van der Waals surface area contributed by atoms with Gasteiger partial charge in [-0.1, -0.05) is 25.5 Å². The molecular weight excluding hydrogens is 190 g/mol. The Morgan fingerprint density at radius 2 is 1.93 bits per heavy atom. The summed E-state index contributed by atoms with van der Waals surface area (Å²) in [7, 11) is 0. The number of aromatic hydroxyl groups is 1. The number of rotatable bonds is 6. The van der Waals surface area contributed by atoms with Gasteiger partial charge in [0.15, 0.2) is 0 Å². The van der Waals surface area contributed by atoms with Crippen LogP contribution in [0.25, 0.3) is 0 Å². The SMILES string of the molecule is CCCC[NH2+]C[C@H](O)c1ccc(O)cc1. The van der Waals surface area contributed by atoms with Gasteiger partial charge in [0.05, 0.1) is 6.54 Å². The number of phenols is 1. The van der Waals surface area contributed by atoms with Crippen LogP contribution in [0.2, 0.25) is 0 Å². The molecule has 0 aromatic heterocycles. The van der Waals surface area contributed by atoms with Crippen molar-refractivity contribution in [3.05, 3.63) is 29.8 Å².